The van der Waals surface area contributed by atoms with Crippen molar-refractivity contribution in [1.29, 1.82) is 0 Å². The van der Waals surface area contributed by atoms with E-state index in [0.29, 0.717) is 24.2 Å². The van der Waals surface area contributed by atoms with Crippen molar-refractivity contribution in [2.45, 2.75) is 39.7 Å². The number of carbonyl (C=O) groups is 2. The lowest BCUT2D eigenvalue weighted by Gasteiger charge is -2.18. The largest absolute Gasteiger partial charge is 0.351 e. The van der Waals surface area contributed by atoms with Crippen molar-refractivity contribution in [2.75, 3.05) is 31.5 Å². The van der Waals surface area contributed by atoms with Gasteiger partial charge in [0.25, 0.3) is 5.91 Å². The maximum absolute atomic E-state index is 12.2. The average molecular weight is 334 g/mol. The van der Waals surface area contributed by atoms with Gasteiger partial charge in [-0.3, -0.25) is 9.59 Å². The standard InChI is InChI=1S/C18H30N4O2/c1-4-8-16(19)18(24)21-15-10-7-9-14(13-15)17(23)20-11-12-22(5-2)6-3/h7,9-10,13,16H,4-6,8,11-12,19H2,1-3H3,(H,20,23)(H,21,24). The number of hydrogen-bond acceptors (Lipinski definition) is 4. The molecule has 1 aromatic rings. The highest BCUT2D eigenvalue weighted by molar-refractivity contribution is 5.98. The summed E-state index contributed by atoms with van der Waals surface area (Å²) in [6, 6.07) is 6.38. The van der Waals surface area contributed by atoms with E-state index < -0.39 is 6.04 Å². The van der Waals surface area contributed by atoms with Gasteiger partial charge in [0.15, 0.2) is 0 Å². The molecule has 6 heteroatoms. The molecule has 2 amide bonds. The minimum Gasteiger partial charge on any atom is -0.351 e. The monoisotopic (exact) mass is 334 g/mol. The quantitative estimate of drug-likeness (QED) is 0.609. The molecule has 0 spiro atoms. The summed E-state index contributed by atoms with van der Waals surface area (Å²) in [6.07, 6.45) is 1.49. The van der Waals surface area contributed by atoms with Crippen LogP contribution in [0.2, 0.25) is 0 Å². The molecule has 0 bridgehead atoms. The molecule has 0 fully saturated rings. The van der Waals surface area contributed by atoms with Gasteiger partial charge >= 0.3 is 0 Å². The van der Waals surface area contributed by atoms with Gasteiger partial charge in [-0.25, -0.2) is 0 Å². The Bertz CT molecular complexity index is 530. The van der Waals surface area contributed by atoms with Crippen LogP contribution in [0.4, 0.5) is 5.69 Å². The molecule has 1 unspecified atom stereocenters. The van der Waals surface area contributed by atoms with Crippen LogP contribution in [0.3, 0.4) is 0 Å². The first-order valence-corrected chi connectivity index (χ1v) is 8.68. The molecule has 1 atom stereocenters. The average Bonchev–Trinajstić information content (AvgIpc) is 2.59. The maximum Gasteiger partial charge on any atom is 0.251 e. The Hall–Kier alpha value is -1.92. The van der Waals surface area contributed by atoms with Crippen LogP contribution in [-0.2, 0) is 4.79 Å². The van der Waals surface area contributed by atoms with E-state index in [1.807, 2.05) is 6.92 Å². The third-order valence-electron chi connectivity index (χ3n) is 3.94. The van der Waals surface area contributed by atoms with Gasteiger partial charge in [-0.1, -0.05) is 33.3 Å². The van der Waals surface area contributed by atoms with Crippen LogP contribution in [0.1, 0.15) is 44.0 Å². The molecule has 0 aliphatic heterocycles. The molecule has 4 N–H and O–H groups in total. The second-order valence-corrected chi connectivity index (χ2v) is 5.75. The highest BCUT2D eigenvalue weighted by Crippen LogP contribution is 2.11. The highest BCUT2D eigenvalue weighted by Gasteiger charge is 2.13. The van der Waals surface area contributed by atoms with E-state index in [2.05, 4.69) is 29.4 Å². The number of hydrogen-bond donors (Lipinski definition) is 3. The fraction of sp³-hybridized carbons (Fsp3) is 0.556. The first kappa shape index (κ1) is 20.1. The molecule has 0 aromatic heterocycles. The van der Waals surface area contributed by atoms with Crippen molar-refractivity contribution in [3.63, 3.8) is 0 Å². The Labute approximate surface area is 144 Å². The van der Waals surface area contributed by atoms with Crippen LogP contribution < -0.4 is 16.4 Å². The van der Waals surface area contributed by atoms with E-state index in [1.54, 1.807) is 24.3 Å². The third kappa shape index (κ3) is 6.68. The van der Waals surface area contributed by atoms with E-state index in [1.165, 1.54) is 0 Å². The predicted octanol–water partition coefficient (Wildman–Crippen LogP) is 1.82. The predicted molar refractivity (Wildman–Crippen MR) is 98.1 cm³/mol. The van der Waals surface area contributed by atoms with Gasteiger partial charge in [0.2, 0.25) is 5.91 Å². The van der Waals surface area contributed by atoms with E-state index >= 15 is 0 Å². The molecular formula is C18H30N4O2. The first-order chi connectivity index (χ1) is 11.5. The van der Waals surface area contributed by atoms with E-state index in [9.17, 15) is 9.59 Å². The number of nitrogens with one attached hydrogen (secondary N) is 2. The summed E-state index contributed by atoms with van der Waals surface area (Å²) < 4.78 is 0. The zero-order valence-corrected chi connectivity index (χ0v) is 15.0. The summed E-state index contributed by atoms with van der Waals surface area (Å²) in [7, 11) is 0. The van der Waals surface area contributed by atoms with Gasteiger partial charge in [0.1, 0.15) is 0 Å². The van der Waals surface area contributed by atoms with Crippen LogP contribution in [0.15, 0.2) is 24.3 Å². The number of likely N-dealkylation sites (N-methyl/N-ethyl adjacent to an activating group) is 1. The number of nitrogens with zero attached hydrogens (tertiary/aromatic N) is 1. The summed E-state index contributed by atoms with van der Waals surface area (Å²) in [5.41, 5.74) is 6.91. The summed E-state index contributed by atoms with van der Waals surface area (Å²) >= 11 is 0. The summed E-state index contributed by atoms with van der Waals surface area (Å²) in [6.45, 7) is 9.52. The topological polar surface area (TPSA) is 87.5 Å². The zero-order chi connectivity index (χ0) is 17.9. The Kier molecular flexibility index (Phi) is 9.04. The van der Waals surface area contributed by atoms with Crippen LogP contribution in [0.25, 0.3) is 0 Å². The minimum absolute atomic E-state index is 0.142. The van der Waals surface area contributed by atoms with Crippen molar-refractivity contribution in [3.05, 3.63) is 29.8 Å². The van der Waals surface area contributed by atoms with Gasteiger partial charge in [-0.15, -0.1) is 0 Å². The molecule has 0 aliphatic rings. The second kappa shape index (κ2) is 10.8. The smallest absolute Gasteiger partial charge is 0.251 e. The molecule has 6 nitrogen and oxygen atoms in total. The van der Waals surface area contributed by atoms with E-state index in [0.717, 1.165) is 26.1 Å². The molecule has 1 rings (SSSR count). The Morgan fingerprint density at radius 3 is 2.54 bits per heavy atom. The van der Waals surface area contributed by atoms with Crippen molar-refractivity contribution in [2.24, 2.45) is 5.73 Å². The van der Waals surface area contributed by atoms with Crippen LogP contribution in [-0.4, -0.2) is 48.9 Å². The number of rotatable bonds is 10. The molecule has 1 aromatic carbocycles. The lowest BCUT2D eigenvalue weighted by molar-refractivity contribution is -0.117. The molecule has 24 heavy (non-hydrogen) atoms. The Morgan fingerprint density at radius 2 is 1.92 bits per heavy atom. The summed E-state index contributed by atoms with van der Waals surface area (Å²) in [4.78, 5) is 26.4. The van der Waals surface area contributed by atoms with Gasteiger partial charge in [0.05, 0.1) is 6.04 Å². The van der Waals surface area contributed by atoms with Crippen molar-refractivity contribution >= 4 is 17.5 Å². The normalized spacial score (nSPS) is 12.0. The fourth-order valence-electron chi connectivity index (χ4n) is 2.38. The fourth-order valence-corrected chi connectivity index (χ4v) is 2.38. The molecule has 134 valence electrons. The van der Waals surface area contributed by atoms with E-state index in [4.69, 9.17) is 5.73 Å². The van der Waals surface area contributed by atoms with E-state index in [-0.39, 0.29) is 11.8 Å². The second-order valence-electron chi connectivity index (χ2n) is 5.75. The number of benzene rings is 1. The number of carbonyl (C=O) groups excluding carboxylic acids is 2. The van der Waals surface area contributed by atoms with Crippen LogP contribution in [0, 0.1) is 0 Å². The van der Waals surface area contributed by atoms with Gasteiger partial charge < -0.3 is 21.3 Å². The maximum atomic E-state index is 12.2. The number of nitrogens with two attached hydrogens (primary N) is 1. The molecule has 0 aliphatic carbocycles. The SMILES string of the molecule is CCCC(N)C(=O)Nc1cccc(C(=O)NCCN(CC)CC)c1. The zero-order valence-electron chi connectivity index (χ0n) is 15.0. The third-order valence-corrected chi connectivity index (χ3v) is 3.94. The number of anilines is 1. The summed E-state index contributed by atoms with van der Waals surface area (Å²) in [5, 5.41) is 5.67. The Morgan fingerprint density at radius 1 is 1.21 bits per heavy atom. The first-order valence-electron chi connectivity index (χ1n) is 8.68. The van der Waals surface area contributed by atoms with Gasteiger partial charge in [-0.2, -0.15) is 0 Å². The number of amides is 2. The van der Waals surface area contributed by atoms with Crippen molar-refractivity contribution in [3.8, 4) is 0 Å². The van der Waals surface area contributed by atoms with Crippen molar-refractivity contribution in [1.82, 2.24) is 10.2 Å². The Balaban J connectivity index is 2.57. The molecule has 0 heterocycles. The van der Waals surface area contributed by atoms with Crippen LogP contribution in [0.5, 0.6) is 0 Å². The summed E-state index contributed by atoms with van der Waals surface area (Å²) in [5.74, 6) is -0.368. The molecule has 0 saturated heterocycles. The minimum atomic E-state index is -0.526. The molecular weight excluding hydrogens is 304 g/mol. The van der Waals surface area contributed by atoms with Crippen LogP contribution >= 0.6 is 0 Å². The highest BCUT2D eigenvalue weighted by atomic mass is 16.2. The molecule has 0 saturated carbocycles. The lowest BCUT2D eigenvalue weighted by atomic mass is 10.1. The van der Waals surface area contributed by atoms with Crippen molar-refractivity contribution < 1.29 is 9.59 Å². The van der Waals surface area contributed by atoms with Gasteiger partial charge in [0, 0.05) is 24.3 Å². The molecule has 0 radical (unpaired) electrons. The lowest BCUT2D eigenvalue weighted by Crippen LogP contribution is -2.35. The van der Waals surface area contributed by atoms with Gasteiger partial charge in [-0.05, 0) is 37.7 Å².